The Morgan fingerprint density at radius 2 is 2.04 bits per heavy atom. The maximum atomic E-state index is 12.4. The number of benzene rings is 1. The van der Waals surface area contributed by atoms with Gasteiger partial charge < -0.3 is 4.90 Å². The van der Waals surface area contributed by atoms with Crippen LogP contribution in [0.4, 0.5) is 0 Å². The molecule has 0 saturated heterocycles. The summed E-state index contributed by atoms with van der Waals surface area (Å²) in [6, 6.07) is 8.28. The average molecular weight is 363 g/mol. The molecule has 0 fully saturated rings. The Morgan fingerprint density at radius 3 is 2.67 bits per heavy atom. The predicted octanol–water partition coefficient (Wildman–Crippen LogP) is 3.12. The first-order chi connectivity index (χ1) is 13.0. The van der Waals surface area contributed by atoms with Gasteiger partial charge >= 0.3 is 0 Å². The minimum Gasteiger partial charge on any atom is -0.333 e. The Balaban J connectivity index is 1.86. The lowest BCUT2D eigenvalue weighted by molar-refractivity contribution is -0.126. The van der Waals surface area contributed by atoms with Gasteiger partial charge in [0.2, 0.25) is 5.91 Å². The van der Waals surface area contributed by atoms with Gasteiger partial charge in [-0.1, -0.05) is 24.3 Å². The quantitative estimate of drug-likeness (QED) is 0.606. The molecule has 2 heterocycles. The molecule has 0 aliphatic carbocycles. The maximum Gasteiger partial charge on any atom is 0.246 e. The summed E-state index contributed by atoms with van der Waals surface area (Å²) in [5.41, 5.74) is 5.47. The fraction of sp³-hybridized carbons (Fsp3) is 0.286. The van der Waals surface area contributed by atoms with Crippen LogP contribution >= 0.6 is 0 Å². The molecule has 1 amide bonds. The van der Waals surface area contributed by atoms with Crippen LogP contribution in [0.5, 0.6) is 0 Å². The molecule has 0 aliphatic rings. The molecule has 0 unspecified atom stereocenters. The number of nitrogens with zero attached hydrogens (tertiary/aromatic N) is 5. The fourth-order valence-electron chi connectivity index (χ4n) is 3.12. The number of carbonyl (C=O) groups excluding carboxylic acids is 1. The van der Waals surface area contributed by atoms with Gasteiger partial charge in [0, 0.05) is 38.1 Å². The van der Waals surface area contributed by atoms with Crippen molar-refractivity contribution in [3.63, 3.8) is 0 Å². The summed E-state index contributed by atoms with van der Waals surface area (Å²) < 4.78 is 3.71. The molecule has 27 heavy (non-hydrogen) atoms. The van der Waals surface area contributed by atoms with E-state index in [0.717, 1.165) is 22.4 Å². The molecule has 6 heteroatoms. The van der Waals surface area contributed by atoms with Crippen LogP contribution in [-0.2, 0) is 24.9 Å². The Labute approximate surface area is 159 Å². The number of amides is 1. The highest BCUT2D eigenvalue weighted by molar-refractivity contribution is 5.87. The summed E-state index contributed by atoms with van der Waals surface area (Å²) in [7, 11) is 1.92. The molecule has 0 N–H and O–H groups in total. The van der Waals surface area contributed by atoms with Gasteiger partial charge in [-0.25, -0.2) is 0 Å². The normalized spacial score (nSPS) is 10.8. The highest BCUT2D eigenvalue weighted by Gasteiger charge is 2.16. The summed E-state index contributed by atoms with van der Waals surface area (Å²) in [5, 5.41) is 8.58. The minimum absolute atomic E-state index is 0.0876. The van der Waals surface area contributed by atoms with Gasteiger partial charge in [-0.15, -0.1) is 0 Å². The SMILES string of the molecule is C=CC(=O)N(CCn1cc(C)cn1)Cc1ccc(C)cc1-c1ccnn1C. The van der Waals surface area contributed by atoms with Gasteiger partial charge in [-0.2, -0.15) is 10.2 Å². The van der Waals surface area contributed by atoms with Crippen LogP contribution in [-0.4, -0.2) is 36.9 Å². The van der Waals surface area contributed by atoms with E-state index in [9.17, 15) is 4.79 Å². The van der Waals surface area contributed by atoms with E-state index in [4.69, 9.17) is 0 Å². The summed E-state index contributed by atoms with van der Waals surface area (Å²) in [6.07, 6.45) is 6.95. The number of hydrogen-bond acceptors (Lipinski definition) is 3. The molecule has 6 nitrogen and oxygen atoms in total. The lowest BCUT2D eigenvalue weighted by Gasteiger charge is -2.23. The van der Waals surface area contributed by atoms with E-state index in [1.54, 1.807) is 11.1 Å². The zero-order valence-corrected chi connectivity index (χ0v) is 16.1. The molecule has 0 aliphatic heterocycles. The molecule has 2 aromatic heterocycles. The third kappa shape index (κ3) is 4.34. The second kappa shape index (κ2) is 8.03. The molecular weight excluding hydrogens is 338 g/mol. The van der Waals surface area contributed by atoms with Crippen molar-refractivity contribution in [1.82, 2.24) is 24.5 Å². The second-order valence-electron chi connectivity index (χ2n) is 6.75. The highest BCUT2D eigenvalue weighted by Crippen LogP contribution is 2.25. The van der Waals surface area contributed by atoms with Crippen molar-refractivity contribution in [2.45, 2.75) is 26.9 Å². The first-order valence-electron chi connectivity index (χ1n) is 8.96. The molecule has 140 valence electrons. The summed E-state index contributed by atoms with van der Waals surface area (Å²) >= 11 is 0. The number of hydrogen-bond donors (Lipinski definition) is 0. The zero-order valence-electron chi connectivity index (χ0n) is 16.1. The zero-order chi connectivity index (χ0) is 19.4. The van der Waals surface area contributed by atoms with E-state index >= 15 is 0 Å². The molecular formula is C21H25N5O. The molecule has 3 aromatic rings. The second-order valence-corrected chi connectivity index (χ2v) is 6.75. The van der Waals surface area contributed by atoms with E-state index in [0.29, 0.717) is 19.6 Å². The third-order valence-corrected chi connectivity index (χ3v) is 4.57. The van der Waals surface area contributed by atoms with Crippen molar-refractivity contribution in [3.05, 3.63) is 72.2 Å². The summed E-state index contributed by atoms with van der Waals surface area (Å²) in [4.78, 5) is 14.2. The largest absolute Gasteiger partial charge is 0.333 e. The lowest BCUT2D eigenvalue weighted by atomic mass is 10.0. The van der Waals surface area contributed by atoms with Crippen LogP contribution in [0.3, 0.4) is 0 Å². The average Bonchev–Trinajstić information content (AvgIpc) is 3.27. The molecule has 1 aromatic carbocycles. The molecule has 3 rings (SSSR count). The standard InChI is InChI=1S/C21H25N5O/c1-5-21(27)25(10-11-26-14-17(3)13-23-26)15-18-7-6-16(2)12-19(18)20-8-9-22-24(20)4/h5-9,12-14H,1,10-11,15H2,2-4H3. The van der Waals surface area contributed by atoms with Gasteiger partial charge in [0.25, 0.3) is 0 Å². The summed E-state index contributed by atoms with van der Waals surface area (Å²) in [5.74, 6) is -0.0876. The van der Waals surface area contributed by atoms with E-state index in [1.807, 2.05) is 41.8 Å². The van der Waals surface area contributed by atoms with Crippen molar-refractivity contribution >= 4 is 5.91 Å². The van der Waals surface area contributed by atoms with Crippen molar-refractivity contribution in [1.29, 1.82) is 0 Å². The maximum absolute atomic E-state index is 12.4. The Bertz CT molecular complexity index is 953. The van der Waals surface area contributed by atoms with Gasteiger partial charge in [-0.3, -0.25) is 14.2 Å². The Kier molecular flexibility index (Phi) is 5.54. The van der Waals surface area contributed by atoms with Crippen molar-refractivity contribution in [3.8, 4) is 11.3 Å². The highest BCUT2D eigenvalue weighted by atomic mass is 16.2. The van der Waals surface area contributed by atoms with Crippen LogP contribution in [0.1, 0.15) is 16.7 Å². The number of aryl methyl sites for hydroxylation is 3. The van der Waals surface area contributed by atoms with Gasteiger partial charge in [0.15, 0.2) is 0 Å². The minimum atomic E-state index is -0.0876. The molecule has 0 spiro atoms. The molecule has 0 radical (unpaired) electrons. The van der Waals surface area contributed by atoms with Crippen LogP contribution in [0.25, 0.3) is 11.3 Å². The Morgan fingerprint density at radius 1 is 1.22 bits per heavy atom. The van der Waals surface area contributed by atoms with Crippen molar-refractivity contribution in [2.75, 3.05) is 6.54 Å². The van der Waals surface area contributed by atoms with E-state index < -0.39 is 0 Å². The fourth-order valence-corrected chi connectivity index (χ4v) is 3.12. The number of aromatic nitrogens is 4. The van der Waals surface area contributed by atoms with Crippen LogP contribution in [0.15, 0.2) is 55.5 Å². The Hall–Kier alpha value is -3.15. The lowest BCUT2D eigenvalue weighted by Crippen LogP contribution is -2.32. The van der Waals surface area contributed by atoms with Crippen molar-refractivity contribution in [2.24, 2.45) is 7.05 Å². The van der Waals surface area contributed by atoms with Gasteiger partial charge in [0.05, 0.1) is 18.4 Å². The van der Waals surface area contributed by atoms with Gasteiger partial charge in [-0.05, 0) is 43.2 Å². The number of carbonyl (C=O) groups is 1. The molecule has 0 saturated carbocycles. The van der Waals surface area contributed by atoms with Gasteiger partial charge in [0.1, 0.15) is 0 Å². The smallest absolute Gasteiger partial charge is 0.246 e. The van der Waals surface area contributed by atoms with Crippen LogP contribution < -0.4 is 0 Å². The van der Waals surface area contributed by atoms with E-state index in [-0.39, 0.29) is 5.91 Å². The number of rotatable bonds is 7. The first-order valence-corrected chi connectivity index (χ1v) is 8.96. The van der Waals surface area contributed by atoms with E-state index in [2.05, 4.69) is 41.9 Å². The monoisotopic (exact) mass is 363 g/mol. The third-order valence-electron chi connectivity index (χ3n) is 4.57. The van der Waals surface area contributed by atoms with Crippen LogP contribution in [0, 0.1) is 13.8 Å². The van der Waals surface area contributed by atoms with Crippen molar-refractivity contribution < 1.29 is 4.79 Å². The molecule has 0 bridgehead atoms. The topological polar surface area (TPSA) is 56.0 Å². The summed E-state index contributed by atoms with van der Waals surface area (Å²) in [6.45, 7) is 9.43. The molecule has 0 atom stereocenters. The first kappa shape index (κ1) is 18.6. The predicted molar refractivity (Wildman–Crippen MR) is 106 cm³/mol. The van der Waals surface area contributed by atoms with Crippen LogP contribution in [0.2, 0.25) is 0 Å². The van der Waals surface area contributed by atoms with E-state index in [1.165, 1.54) is 11.6 Å².